The molecule has 1 fully saturated rings. The Morgan fingerprint density at radius 2 is 1.76 bits per heavy atom. The monoisotopic (exact) mass is 405 g/mol. The molecule has 29 heavy (non-hydrogen) atoms. The smallest absolute Gasteiger partial charge is 0.203 e. The van der Waals surface area contributed by atoms with Crippen LogP contribution in [0.4, 0.5) is 0 Å². The van der Waals surface area contributed by atoms with Crippen LogP contribution >= 0.6 is 11.6 Å². The summed E-state index contributed by atoms with van der Waals surface area (Å²) in [7, 11) is 0. The molecule has 1 aliphatic heterocycles. The standard InChI is InChI=1S/C23H24ClN5/c24-20-11-9-18(10-12-20)23(19-8-4-5-16(13-19)14-25)21(15-29(28-23)22(26)27)17-6-2-1-3-7-17/h1-13,21,28H,14-15,25H2,(H3,26,27). The molecule has 5 nitrogen and oxygen atoms in total. The van der Waals surface area contributed by atoms with E-state index >= 15 is 0 Å². The molecule has 0 radical (unpaired) electrons. The highest BCUT2D eigenvalue weighted by atomic mass is 35.5. The zero-order valence-electron chi connectivity index (χ0n) is 16.0. The van der Waals surface area contributed by atoms with Gasteiger partial charge in [-0.3, -0.25) is 10.4 Å². The van der Waals surface area contributed by atoms with Crippen molar-refractivity contribution >= 4 is 17.6 Å². The molecular weight excluding hydrogens is 382 g/mol. The highest BCUT2D eigenvalue weighted by Crippen LogP contribution is 2.47. The van der Waals surface area contributed by atoms with E-state index in [1.807, 2.05) is 54.6 Å². The first-order valence-electron chi connectivity index (χ1n) is 9.54. The normalized spacial score (nSPS) is 21.3. The van der Waals surface area contributed by atoms with Gasteiger partial charge in [0.05, 0.1) is 5.54 Å². The summed E-state index contributed by atoms with van der Waals surface area (Å²) in [6, 6.07) is 26.4. The molecule has 3 aromatic rings. The molecule has 1 saturated heterocycles. The van der Waals surface area contributed by atoms with Crippen LogP contribution in [0.5, 0.6) is 0 Å². The lowest BCUT2D eigenvalue weighted by Gasteiger charge is -2.37. The zero-order valence-corrected chi connectivity index (χ0v) is 16.7. The molecule has 6 heteroatoms. The predicted octanol–water partition coefficient (Wildman–Crippen LogP) is 3.54. The van der Waals surface area contributed by atoms with Gasteiger partial charge in [-0.05, 0) is 34.4 Å². The molecule has 6 N–H and O–H groups in total. The number of nitrogens with zero attached hydrogens (tertiary/aromatic N) is 1. The van der Waals surface area contributed by atoms with Crippen molar-refractivity contribution in [3.63, 3.8) is 0 Å². The van der Waals surface area contributed by atoms with E-state index in [9.17, 15) is 0 Å². The fraction of sp³-hybridized carbons (Fsp3) is 0.174. The Kier molecular flexibility index (Phi) is 5.28. The first kappa shape index (κ1) is 19.5. The third kappa shape index (κ3) is 3.49. The minimum atomic E-state index is -0.622. The number of guanidine groups is 1. The number of nitrogens with one attached hydrogen (secondary N) is 2. The topological polar surface area (TPSA) is 91.2 Å². The molecule has 2 atom stereocenters. The van der Waals surface area contributed by atoms with Crippen LogP contribution in [0, 0.1) is 5.41 Å². The largest absolute Gasteiger partial charge is 0.369 e. The maximum Gasteiger partial charge on any atom is 0.203 e. The van der Waals surface area contributed by atoms with Crippen molar-refractivity contribution in [3.05, 3.63) is 106 Å². The Morgan fingerprint density at radius 3 is 2.41 bits per heavy atom. The summed E-state index contributed by atoms with van der Waals surface area (Å²) in [4.78, 5) is 0. The third-order valence-electron chi connectivity index (χ3n) is 5.61. The second-order valence-electron chi connectivity index (χ2n) is 7.29. The number of hydrazine groups is 1. The zero-order chi connectivity index (χ0) is 20.4. The van der Waals surface area contributed by atoms with Crippen LogP contribution in [-0.2, 0) is 12.1 Å². The lowest BCUT2D eigenvalue weighted by molar-refractivity contribution is 0.310. The first-order chi connectivity index (χ1) is 14.0. The number of benzene rings is 3. The van der Waals surface area contributed by atoms with Gasteiger partial charge >= 0.3 is 0 Å². The maximum absolute atomic E-state index is 8.06. The minimum Gasteiger partial charge on any atom is -0.369 e. The van der Waals surface area contributed by atoms with E-state index in [-0.39, 0.29) is 11.9 Å². The molecule has 0 spiro atoms. The van der Waals surface area contributed by atoms with Crippen molar-refractivity contribution in [1.29, 1.82) is 5.41 Å². The summed E-state index contributed by atoms with van der Waals surface area (Å²) in [5.41, 5.74) is 19.1. The van der Waals surface area contributed by atoms with Crippen molar-refractivity contribution in [2.75, 3.05) is 6.54 Å². The van der Waals surface area contributed by atoms with Gasteiger partial charge in [0.2, 0.25) is 5.96 Å². The van der Waals surface area contributed by atoms with E-state index in [4.69, 9.17) is 28.5 Å². The number of hydrogen-bond acceptors (Lipinski definition) is 3. The fourth-order valence-electron chi connectivity index (χ4n) is 4.21. The molecule has 0 aliphatic carbocycles. The molecule has 0 aromatic heterocycles. The summed E-state index contributed by atoms with van der Waals surface area (Å²) in [6.45, 7) is 1.02. The highest BCUT2D eigenvalue weighted by molar-refractivity contribution is 6.30. The summed E-state index contributed by atoms with van der Waals surface area (Å²) in [5.74, 6) is -0.00134. The van der Waals surface area contributed by atoms with E-state index in [0.29, 0.717) is 18.1 Å². The molecule has 0 amide bonds. The summed E-state index contributed by atoms with van der Waals surface area (Å²) >= 11 is 6.19. The summed E-state index contributed by atoms with van der Waals surface area (Å²) < 4.78 is 0. The maximum atomic E-state index is 8.06. The quantitative estimate of drug-likeness (QED) is 0.394. The van der Waals surface area contributed by atoms with E-state index in [1.54, 1.807) is 5.01 Å². The Balaban J connectivity index is 1.98. The molecule has 2 unspecified atom stereocenters. The fourth-order valence-corrected chi connectivity index (χ4v) is 4.34. The van der Waals surface area contributed by atoms with Gasteiger partial charge in [0.25, 0.3) is 0 Å². The molecule has 0 saturated carbocycles. The minimum absolute atomic E-state index is 0.0156. The van der Waals surface area contributed by atoms with Gasteiger partial charge in [0.15, 0.2) is 0 Å². The van der Waals surface area contributed by atoms with Gasteiger partial charge < -0.3 is 11.5 Å². The molecule has 1 aliphatic rings. The Bertz CT molecular complexity index is 1010. The van der Waals surface area contributed by atoms with E-state index in [1.165, 1.54) is 0 Å². The SMILES string of the molecule is N=C(N)N1CC(c2ccccc2)C(c2ccc(Cl)cc2)(c2cccc(CN)c2)N1. The number of rotatable bonds is 4. The Labute approximate surface area is 175 Å². The lowest BCUT2D eigenvalue weighted by Crippen LogP contribution is -2.50. The average Bonchev–Trinajstić information content (AvgIpc) is 3.17. The number of nitrogens with two attached hydrogens (primary N) is 2. The summed E-state index contributed by atoms with van der Waals surface area (Å²) in [5, 5.41) is 10.4. The predicted molar refractivity (Wildman–Crippen MR) is 118 cm³/mol. The van der Waals surface area contributed by atoms with Crippen molar-refractivity contribution in [2.24, 2.45) is 11.5 Å². The van der Waals surface area contributed by atoms with Gasteiger partial charge in [0, 0.05) is 24.0 Å². The van der Waals surface area contributed by atoms with E-state index in [0.717, 1.165) is 22.3 Å². The van der Waals surface area contributed by atoms with E-state index < -0.39 is 5.54 Å². The van der Waals surface area contributed by atoms with Gasteiger partial charge in [-0.1, -0.05) is 78.3 Å². The van der Waals surface area contributed by atoms with Crippen molar-refractivity contribution < 1.29 is 0 Å². The Hall–Kier alpha value is -2.86. The van der Waals surface area contributed by atoms with Crippen LogP contribution in [0.15, 0.2) is 78.9 Å². The van der Waals surface area contributed by atoms with Gasteiger partial charge in [-0.25, -0.2) is 5.43 Å². The van der Waals surface area contributed by atoms with Gasteiger partial charge in [-0.2, -0.15) is 0 Å². The molecular formula is C23H24ClN5. The first-order valence-corrected chi connectivity index (χ1v) is 9.92. The van der Waals surface area contributed by atoms with Crippen LogP contribution in [0.1, 0.15) is 28.2 Å². The van der Waals surface area contributed by atoms with Crippen LogP contribution < -0.4 is 16.9 Å². The average molecular weight is 406 g/mol. The van der Waals surface area contributed by atoms with Crippen LogP contribution in [-0.4, -0.2) is 17.5 Å². The molecule has 4 rings (SSSR count). The van der Waals surface area contributed by atoms with E-state index in [2.05, 4.69) is 29.7 Å². The second-order valence-corrected chi connectivity index (χ2v) is 7.73. The van der Waals surface area contributed by atoms with Crippen molar-refractivity contribution in [3.8, 4) is 0 Å². The van der Waals surface area contributed by atoms with Crippen molar-refractivity contribution in [1.82, 2.24) is 10.4 Å². The molecule has 0 bridgehead atoms. The highest BCUT2D eigenvalue weighted by Gasteiger charge is 2.50. The summed E-state index contributed by atoms with van der Waals surface area (Å²) in [6.07, 6.45) is 0. The van der Waals surface area contributed by atoms with Crippen molar-refractivity contribution in [2.45, 2.75) is 18.0 Å². The Morgan fingerprint density at radius 1 is 1.03 bits per heavy atom. The number of hydrogen-bond donors (Lipinski definition) is 4. The van der Waals surface area contributed by atoms with Crippen LogP contribution in [0.2, 0.25) is 5.02 Å². The molecule has 1 heterocycles. The van der Waals surface area contributed by atoms with Crippen LogP contribution in [0.3, 0.4) is 0 Å². The molecule has 3 aromatic carbocycles. The second kappa shape index (κ2) is 7.87. The van der Waals surface area contributed by atoms with Gasteiger partial charge in [0.1, 0.15) is 0 Å². The van der Waals surface area contributed by atoms with Gasteiger partial charge in [-0.15, -0.1) is 0 Å². The number of halogens is 1. The lowest BCUT2D eigenvalue weighted by atomic mass is 9.71. The third-order valence-corrected chi connectivity index (χ3v) is 5.86. The molecule has 148 valence electrons. The van der Waals surface area contributed by atoms with Crippen LogP contribution in [0.25, 0.3) is 0 Å².